The van der Waals surface area contributed by atoms with Crippen LogP contribution in [-0.4, -0.2) is 51.1 Å². The molecule has 2 rings (SSSR count). The van der Waals surface area contributed by atoms with Gasteiger partial charge in [-0.15, -0.1) is 0 Å². The average molecular weight is 396 g/mol. The molecule has 0 aliphatic carbocycles. The Kier molecular flexibility index (Phi) is 6.57. The summed E-state index contributed by atoms with van der Waals surface area (Å²) in [6.07, 6.45) is -3.15. The minimum absolute atomic E-state index is 0.0276. The highest BCUT2D eigenvalue weighted by molar-refractivity contribution is 5.70. The van der Waals surface area contributed by atoms with Gasteiger partial charge in [0.25, 0.3) is 0 Å². The van der Waals surface area contributed by atoms with Crippen LogP contribution in [0, 0.1) is 0 Å². The summed E-state index contributed by atoms with van der Waals surface area (Å²) in [5.74, 6) is -1.47. The molecule has 0 spiro atoms. The van der Waals surface area contributed by atoms with Gasteiger partial charge in [-0.2, -0.15) is 4.98 Å². The summed E-state index contributed by atoms with van der Waals surface area (Å²) in [7, 11) is 0. The molecule has 2 heterocycles. The number of nitrogen functional groups attached to an aromatic ring is 1. The van der Waals surface area contributed by atoms with E-state index in [0.29, 0.717) is 0 Å². The highest BCUT2D eigenvalue weighted by Crippen LogP contribution is 2.41. The number of hydrogen-bond donors (Lipinski definition) is 2. The number of aromatic nitrogens is 2. The SMILES string of the molecule is CCC(=O)OC1[C@@H](OC(=O)CC)C(n2ccc(N)nc2=O)O[C@]1(CO)N=[N+]=[N-]. The number of anilines is 1. The molecule has 152 valence electrons. The Morgan fingerprint density at radius 3 is 2.61 bits per heavy atom. The van der Waals surface area contributed by atoms with Crippen molar-refractivity contribution in [2.75, 3.05) is 12.3 Å². The molecule has 0 saturated carbocycles. The van der Waals surface area contributed by atoms with E-state index in [4.69, 9.17) is 25.5 Å². The van der Waals surface area contributed by atoms with Crippen LogP contribution in [0.15, 0.2) is 22.2 Å². The van der Waals surface area contributed by atoms with Crippen LogP contribution in [0.25, 0.3) is 10.4 Å². The molecule has 28 heavy (non-hydrogen) atoms. The molecule has 1 aliphatic rings. The number of nitrogens with two attached hydrogens (primary N) is 1. The van der Waals surface area contributed by atoms with Crippen molar-refractivity contribution in [2.24, 2.45) is 5.11 Å². The molecule has 0 amide bonds. The lowest BCUT2D eigenvalue weighted by atomic mass is 10.0. The fourth-order valence-corrected chi connectivity index (χ4v) is 2.64. The second-order valence-corrected chi connectivity index (χ2v) is 5.82. The molecular weight excluding hydrogens is 376 g/mol. The van der Waals surface area contributed by atoms with Gasteiger partial charge in [-0.05, 0) is 11.6 Å². The zero-order valence-electron chi connectivity index (χ0n) is 15.2. The lowest BCUT2D eigenvalue weighted by Crippen LogP contribution is -2.48. The molecule has 0 radical (unpaired) electrons. The maximum Gasteiger partial charge on any atom is 0.351 e. The van der Waals surface area contributed by atoms with Crippen molar-refractivity contribution in [2.45, 2.75) is 50.8 Å². The zero-order valence-corrected chi connectivity index (χ0v) is 15.2. The van der Waals surface area contributed by atoms with Gasteiger partial charge >= 0.3 is 17.6 Å². The minimum Gasteiger partial charge on any atom is -0.455 e. The van der Waals surface area contributed by atoms with Crippen molar-refractivity contribution in [3.8, 4) is 0 Å². The van der Waals surface area contributed by atoms with Crippen LogP contribution in [0.3, 0.4) is 0 Å². The summed E-state index contributed by atoms with van der Waals surface area (Å²) in [6.45, 7) is 2.14. The molecule has 1 aromatic heterocycles. The third-order valence-corrected chi connectivity index (χ3v) is 4.02. The van der Waals surface area contributed by atoms with E-state index in [9.17, 15) is 19.5 Å². The molecule has 13 nitrogen and oxygen atoms in total. The van der Waals surface area contributed by atoms with Crippen molar-refractivity contribution in [3.05, 3.63) is 33.2 Å². The maximum atomic E-state index is 12.2. The monoisotopic (exact) mass is 396 g/mol. The maximum absolute atomic E-state index is 12.2. The van der Waals surface area contributed by atoms with Gasteiger partial charge < -0.3 is 25.1 Å². The Morgan fingerprint density at radius 2 is 2.07 bits per heavy atom. The topological polar surface area (TPSA) is 192 Å². The molecule has 2 unspecified atom stereocenters. The average Bonchev–Trinajstić information content (AvgIpc) is 2.95. The van der Waals surface area contributed by atoms with Gasteiger partial charge in [-0.1, -0.05) is 19.0 Å². The Labute approximate surface area is 158 Å². The Morgan fingerprint density at radius 1 is 1.43 bits per heavy atom. The molecule has 0 bridgehead atoms. The number of carbonyl (C=O) groups excluding carboxylic acids is 2. The first kappa shape index (κ1) is 21.2. The van der Waals surface area contributed by atoms with Crippen molar-refractivity contribution >= 4 is 17.8 Å². The highest BCUT2D eigenvalue weighted by Gasteiger charge is 2.60. The van der Waals surface area contributed by atoms with Crippen LogP contribution < -0.4 is 11.4 Å². The third kappa shape index (κ3) is 4.06. The van der Waals surface area contributed by atoms with Gasteiger partial charge in [0.15, 0.2) is 18.4 Å². The molecule has 4 atom stereocenters. The van der Waals surface area contributed by atoms with Crippen LogP contribution in [0.4, 0.5) is 5.82 Å². The van der Waals surface area contributed by atoms with Crippen molar-refractivity contribution in [1.82, 2.24) is 9.55 Å². The molecular formula is C15H20N6O7. The van der Waals surface area contributed by atoms with Gasteiger partial charge in [0, 0.05) is 24.0 Å². The normalized spacial score (nSPS) is 26.3. The molecule has 1 aliphatic heterocycles. The van der Waals surface area contributed by atoms with Gasteiger partial charge in [0.2, 0.25) is 5.72 Å². The van der Waals surface area contributed by atoms with E-state index in [1.54, 1.807) is 0 Å². The van der Waals surface area contributed by atoms with Crippen molar-refractivity contribution in [3.63, 3.8) is 0 Å². The number of carbonyl (C=O) groups is 2. The summed E-state index contributed by atoms with van der Waals surface area (Å²) < 4.78 is 17.1. The van der Waals surface area contributed by atoms with Gasteiger partial charge in [0.1, 0.15) is 5.82 Å². The van der Waals surface area contributed by atoms with E-state index < -0.39 is 48.4 Å². The number of ether oxygens (including phenoxy) is 3. The third-order valence-electron chi connectivity index (χ3n) is 4.02. The van der Waals surface area contributed by atoms with Crippen molar-refractivity contribution in [1.29, 1.82) is 0 Å². The standard InChI is InChI=1S/C15H20N6O7/c1-3-9(23)26-11-12(27-10(24)4-2)15(7-22,19-20-17)28-13(11)21-6-5-8(16)18-14(21)25/h5-6,11-13,22H,3-4,7H2,1-2H3,(H2,16,18,25)/t11-,12?,13?,15+/m1/s1. The highest BCUT2D eigenvalue weighted by atomic mass is 16.7. The molecule has 13 heteroatoms. The molecule has 1 aromatic rings. The number of aliphatic hydroxyl groups is 1. The predicted octanol–water partition coefficient (Wildman–Crippen LogP) is -0.00320. The van der Waals surface area contributed by atoms with E-state index in [2.05, 4.69) is 15.0 Å². The van der Waals surface area contributed by atoms with E-state index in [1.165, 1.54) is 26.1 Å². The zero-order chi connectivity index (χ0) is 20.9. The lowest BCUT2D eigenvalue weighted by Gasteiger charge is -2.28. The number of esters is 2. The van der Waals surface area contributed by atoms with Crippen LogP contribution in [0.5, 0.6) is 0 Å². The number of aliphatic hydroxyl groups excluding tert-OH is 1. The molecule has 3 N–H and O–H groups in total. The first-order valence-corrected chi connectivity index (χ1v) is 8.40. The number of hydrogen-bond acceptors (Lipinski definition) is 10. The summed E-state index contributed by atoms with van der Waals surface area (Å²) >= 11 is 0. The lowest BCUT2D eigenvalue weighted by molar-refractivity contribution is -0.173. The second-order valence-electron chi connectivity index (χ2n) is 5.82. The van der Waals surface area contributed by atoms with Crippen LogP contribution in [-0.2, 0) is 23.8 Å². The van der Waals surface area contributed by atoms with Gasteiger partial charge in [0.05, 0.1) is 6.61 Å². The first-order valence-electron chi connectivity index (χ1n) is 8.40. The van der Waals surface area contributed by atoms with E-state index in [-0.39, 0.29) is 18.7 Å². The second kappa shape index (κ2) is 8.69. The number of rotatable bonds is 7. The Bertz CT molecular complexity index is 852. The van der Waals surface area contributed by atoms with Crippen LogP contribution in [0.2, 0.25) is 0 Å². The van der Waals surface area contributed by atoms with E-state index in [0.717, 1.165) is 4.57 Å². The Balaban J connectivity index is 2.61. The van der Waals surface area contributed by atoms with Crippen LogP contribution in [0.1, 0.15) is 32.9 Å². The quantitative estimate of drug-likeness (QED) is 0.276. The van der Waals surface area contributed by atoms with Gasteiger partial charge in [-0.3, -0.25) is 14.2 Å². The summed E-state index contributed by atoms with van der Waals surface area (Å²) in [5.41, 5.74) is 11.4. The molecule has 1 fully saturated rings. The molecule has 1 saturated heterocycles. The number of azide groups is 1. The van der Waals surface area contributed by atoms with Crippen LogP contribution >= 0.6 is 0 Å². The van der Waals surface area contributed by atoms with Gasteiger partial charge in [-0.25, -0.2) is 4.79 Å². The Hall–Kier alpha value is -3.15. The minimum atomic E-state index is -2.12. The summed E-state index contributed by atoms with van der Waals surface area (Å²) in [4.78, 5) is 42.3. The number of nitrogens with zero attached hydrogens (tertiary/aromatic N) is 5. The fraction of sp³-hybridized carbons (Fsp3) is 0.600. The molecule has 0 aromatic carbocycles. The van der Waals surface area contributed by atoms with Crippen molar-refractivity contribution < 1.29 is 28.9 Å². The van der Waals surface area contributed by atoms with E-state index >= 15 is 0 Å². The fourth-order valence-electron chi connectivity index (χ4n) is 2.64. The smallest absolute Gasteiger partial charge is 0.351 e. The predicted molar refractivity (Wildman–Crippen MR) is 92.3 cm³/mol. The summed E-state index contributed by atoms with van der Waals surface area (Å²) in [6, 6.07) is 1.29. The van der Waals surface area contributed by atoms with E-state index in [1.807, 2.05) is 0 Å². The largest absolute Gasteiger partial charge is 0.455 e. The summed E-state index contributed by atoms with van der Waals surface area (Å²) in [5, 5.41) is 13.3. The first-order chi connectivity index (χ1) is 13.3.